The summed E-state index contributed by atoms with van der Waals surface area (Å²) in [5.41, 5.74) is 1.64. The molecule has 3 rings (SSSR count). The quantitative estimate of drug-likeness (QED) is 0.768. The maximum absolute atomic E-state index is 9.79. The molecule has 0 fully saturated rings. The Bertz CT molecular complexity index is 731. The zero-order valence-corrected chi connectivity index (χ0v) is 11.3. The summed E-state index contributed by atoms with van der Waals surface area (Å²) in [5, 5.41) is 13.0. The summed E-state index contributed by atoms with van der Waals surface area (Å²) < 4.78 is 0. The molecule has 0 bridgehead atoms. The van der Waals surface area contributed by atoms with Gasteiger partial charge in [-0.25, -0.2) is 15.0 Å². The number of para-hydroxylation sites is 1. The highest BCUT2D eigenvalue weighted by Crippen LogP contribution is 2.23. The van der Waals surface area contributed by atoms with E-state index in [0.717, 1.165) is 11.1 Å². The molecule has 21 heavy (non-hydrogen) atoms. The van der Waals surface area contributed by atoms with Gasteiger partial charge in [0.15, 0.2) is 5.82 Å². The van der Waals surface area contributed by atoms with Gasteiger partial charge in [0.05, 0.1) is 5.56 Å². The lowest BCUT2D eigenvalue weighted by molar-refractivity contribution is 0.469. The van der Waals surface area contributed by atoms with Crippen LogP contribution in [0.4, 0.5) is 5.82 Å². The molecular formula is C16H14N4O. The predicted molar refractivity (Wildman–Crippen MR) is 80.7 cm³/mol. The van der Waals surface area contributed by atoms with Crippen molar-refractivity contribution in [1.82, 2.24) is 15.0 Å². The second-order valence-electron chi connectivity index (χ2n) is 4.45. The topological polar surface area (TPSA) is 70.9 Å². The summed E-state index contributed by atoms with van der Waals surface area (Å²) in [4.78, 5) is 12.8. The fraction of sp³-hybridized carbons (Fsp3) is 0.0625. The molecule has 0 aliphatic heterocycles. The molecule has 0 aliphatic rings. The van der Waals surface area contributed by atoms with Crippen LogP contribution in [0, 0.1) is 0 Å². The van der Waals surface area contributed by atoms with Crippen LogP contribution in [0.25, 0.3) is 11.4 Å². The van der Waals surface area contributed by atoms with Crippen LogP contribution in [0.1, 0.15) is 5.56 Å². The Balaban J connectivity index is 1.85. The third-order valence-electron chi connectivity index (χ3n) is 3.05. The predicted octanol–water partition coefficient (Wildman–Crippen LogP) is 2.86. The zero-order chi connectivity index (χ0) is 14.5. The SMILES string of the molecule is Oc1ccccc1CNc1ncccc1-c1ncccn1. The molecule has 0 saturated carbocycles. The van der Waals surface area contributed by atoms with Crippen LogP contribution >= 0.6 is 0 Å². The number of phenolic OH excluding ortho intramolecular Hbond substituents is 1. The summed E-state index contributed by atoms with van der Waals surface area (Å²) in [7, 11) is 0. The van der Waals surface area contributed by atoms with E-state index in [1.54, 1.807) is 36.8 Å². The monoisotopic (exact) mass is 278 g/mol. The number of aromatic nitrogens is 3. The first kappa shape index (κ1) is 13.1. The van der Waals surface area contributed by atoms with Crippen LogP contribution in [-0.2, 0) is 6.54 Å². The minimum Gasteiger partial charge on any atom is -0.508 e. The van der Waals surface area contributed by atoms with Crippen molar-refractivity contribution in [3.8, 4) is 17.1 Å². The summed E-state index contributed by atoms with van der Waals surface area (Å²) in [6, 6.07) is 12.7. The number of hydrogen-bond donors (Lipinski definition) is 2. The lowest BCUT2D eigenvalue weighted by atomic mass is 10.2. The molecule has 0 unspecified atom stereocenters. The maximum Gasteiger partial charge on any atom is 0.162 e. The van der Waals surface area contributed by atoms with Gasteiger partial charge >= 0.3 is 0 Å². The summed E-state index contributed by atoms with van der Waals surface area (Å²) in [5.74, 6) is 1.57. The molecule has 2 N–H and O–H groups in total. The lowest BCUT2D eigenvalue weighted by Crippen LogP contribution is -2.04. The first-order chi connectivity index (χ1) is 10.3. The largest absolute Gasteiger partial charge is 0.508 e. The van der Waals surface area contributed by atoms with Crippen molar-refractivity contribution in [2.75, 3.05) is 5.32 Å². The first-order valence-corrected chi connectivity index (χ1v) is 6.58. The van der Waals surface area contributed by atoms with E-state index in [-0.39, 0.29) is 5.75 Å². The van der Waals surface area contributed by atoms with Crippen LogP contribution in [-0.4, -0.2) is 20.1 Å². The molecule has 1 aromatic carbocycles. The van der Waals surface area contributed by atoms with E-state index in [4.69, 9.17) is 0 Å². The molecule has 104 valence electrons. The minimum absolute atomic E-state index is 0.262. The maximum atomic E-state index is 9.79. The summed E-state index contributed by atoms with van der Waals surface area (Å²) >= 11 is 0. The summed E-state index contributed by atoms with van der Waals surface area (Å²) in [6.45, 7) is 0.476. The average molecular weight is 278 g/mol. The Hall–Kier alpha value is -2.95. The van der Waals surface area contributed by atoms with E-state index in [2.05, 4.69) is 20.3 Å². The van der Waals surface area contributed by atoms with Gasteiger partial charge in [0.25, 0.3) is 0 Å². The third kappa shape index (κ3) is 2.97. The highest BCUT2D eigenvalue weighted by atomic mass is 16.3. The van der Waals surface area contributed by atoms with Gasteiger partial charge in [0, 0.05) is 30.7 Å². The molecule has 0 saturated heterocycles. The average Bonchev–Trinajstić information content (AvgIpc) is 2.55. The number of aromatic hydroxyl groups is 1. The Morgan fingerprint density at radius 2 is 1.62 bits per heavy atom. The molecule has 5 nitrogen and oxygen atoms in total. The number of nitrogens with one attached hydrogen (secondary N) is 1. The van der Waals surface area contributed by atoms with Gasteiger partial charge in [0.1, 0.15) is 11.6 Å². The highest BCUT2D eigenvalue weighted by molar-refractivity contribution is 5.69. The Morgan fingerprint density at radius 1 is 0.857 bits per heavy atom. The van der Waals surface area contributed by atoms with Crippen molar-refractivity contribution in [3.63, 3.8) is 0 Å². The van der Waals surface area contributed by atoms with Crippen molar-refractivity contribution in [1.29, 1.82) is 0 Å². The molecule has 2 heterocycles. The molecule has 0 spiro atoms. The zero-order valence-electron chi connectivity index (χ0n) is 11.3. The third-order valence-corrected chi connectivity index (χ3v) is 3.05. The number of rotatable bonds is 4. The van der Waals surface area contributed by atoms with Gasteiger partial charge in [-0.3, -0.25) is 0 Å². The Kier molecular flexibility index (Phi) is 3.73. The van der Waals surface area contributed by atoms with Crippen LogP contribution < -0.4 is 5.32 Å². The van der Waals surface area contributed by atoms with E-state index in [0.29, 0.717) is 18.2 Å². The van der Waals surface area contributed by atoms with Crippen molar-refractivity contribution in [3.05, 3.63) is 66.6 Å². The number of phenols is 1. The van der Waals surface area contributed by atoms with Gasteiger partial charge < -0.3 is 10.4 Å². The van der Waals surface area contributed by atoms with Crippen LogP contribution in [0.3, 0.4) is 0 Å². The molecule has 0 amide bonds. The van der Waals surface area contributed by atoms with Gasteiger partial charge in [0.2, 0.25) is 0 Å². The van der Waals surface area contributed by atoms with E-state index in [1.807, 2.05) is 24.3 Å². The van der Waals surface area contributed by atoms with Crippen molar-refractivity contribution < 1.29 is 5.11 Å². The van der Waals surface area contributed by atoms with Crippen molar-refractivity contribution in [2.45, 2.75) is 6.54 Å². The number of hydrogen-bond acceptors (Lipinski definition) is 5. The van der Waals surface area contributed by atoms with E-state index in [9.17, 15) is 5.11 Å². The second kappa shape index (κ2) is 6.00. The lowest BCUT2D eigenvalue weighted by Gasteiger charge is -2.10. The van der Waals surface area contributed by atoms with Crippen LogP contribution in [0.2, 0.25) is 0 Å². The fourth-order valence-electron chi connectivity index (χ4n) is 2.00. The minimum atomic E-state index is 0.262. The number of anilines is 1. The molecule has 0 atom stereocenters. The molecule has 5 heteroatoms. The van der Waals surface area contributed by atoms with Crippen molar-refractivity contribution in [2.24, 2.45) is 0 Å². The molecule has 0 aliphatic carbocycles. The molecule has 0 radical (unpaired) electrons. The van der Waals surface area contributed by atoms with E-state index < -0.39 is 0 Å². The van der Waals surface area contributed by atoms with Gasteiger partial charge in [-0.15, -0.1) is 0 Å². The Morgan fingerprint density at radius 3 is 2.43 bits per heavy atom. The summed E-state index contributed by atoms with van der Waals surface area (Å²) in [6.07, 6.45) is 5.10. The fourth-order valence-corrected chi connectivity index (χ4v) is 2.00. The van der Waals surface area contributed by atoms with Crippen molar-refractivity contribution >= 4 is 5.82 Å². The molecule has 3 aromatic rings. The second-order valence-corrected chi connectivity index (χ2v) is 4.45. The molecule has 2 aromatic heterocycles. The number of nitrogens with zero attached hydrogens (tertiary/aromatic N) is 3. The smallest absolute Gasteiger partial charge is 0.162 e. The van der Waals surface area contributed by atoms with Gasteiger partial charge in [-0.1, -0.05) is 18.2 Å². The van der Waals surface area contributed by atoms with Gasteiger partial charge in [-0.05, 0) is 24.3 Å². The Labute approximate surface area is 122 Å². The van der Waals surface area contributed by atoms with Gasteiger partial charge in [-0.2, -0.15) is 0 Å². The standard InChI is InChI=1S/C16H14N4O/c21-14-7-2-1-5-12(14)11-20-16-13(6-3-8-17-16)15-18-9-4-10-19-15/h1-10,21H,11H2,(H,17,20). The first-order valence-electron chi connectivity index (χ1n) is 6.58. The normalized spacial score (nSPS) is 10.3. The number of benzene rings is 1. The number of pyridine rings is 1. The molecular weight excluding hydrogens is 264 g/mol. The van der Waals surface area contributed by atoms with E-state index >= 15 is 0 Å². The van der Waals surface area contributed by atoms with Crippen LogP contribution in [0.5, 0.6) is 5.75 Å². The highest BCUT2D eigenvalue weighted by Gasteiger charge is 2.08. The van der Waals surface area contributed by atoms with E-state index in [1.165, 1.54) is 0 Å². The van der Waals surface area contributed by atoms with Crippen LogP contribution in [0.15, 0.2) is 61.1 Å².